The first-order valence-corrected chi connectivity index (χ1v) is 18.3. The highest BCUT2D eigenvalue weighted by Gasteiger charge is 2.40. The molecule has 5 rings (SSSR count). The molecule has 3 fully saturated rings. The Morgan fingerprint density at radius 3 is 1.26 bits per heavy atom. The van der Waals surface area contributed by atoms with Crippen LogP contribution in [0.4, 0.5) is 0 Å². The van der Waals surface area contributed by atoms with Crippen LogP contribution in [0.5, 0.6) is 0 Å². The predicted molar refractivity (Wildman–Crippen MR) is 171 cm³/mol. The van der Waals surface area contributed by atoms with Gasteiger partial charge in [0.15, 0.2) is 0 Å². The molecule has 3 saturated carbocycles. The summed E-state index contributed by atoms with van der Waals surface area (Å²) in [5.74, 6) is 3.28. The summed E-state index contributed by atoms with van der Waals surface area (Å²) >= 11 is 0. The number of hydrogen-bond acceptors (Lipinski definition) is 0. The van der Waals surface area contributed by atoms with Gasteiger partial charge in [-0.05, 0) is 73.0 Å². The number of hydrogen-bond donors (Lipinski definition) is 0. The van der Waals surface area contributed by atoms with E-state index in [1.54, 1.807) is 11.1 Å². The van der Waals surface area contributed by atoms with Crippen molar-refractivity contribution >= 4 is 5.57 Å². The van der Waals surface area contributed by atoms with Crippen LogP contribution in [0.2, 0.25) is 0 Å². The molecule has 1 aromatic rings. The second-order valence-corrected chi connectivity index (χ2v) is 14.2. The fourth-order valence-electron chi connectivity index (χ4n) is 9.34. The molecular weight excluding hydrogens is 468 g/mol. The molecule has 0 spiro atoms. The van der Waals surface area contributed by atoms with E-state index in [2.05, 4.69) is 24.3 Å². The number of rotatable bonds is 3. The highest BCUT2D eigenvalue weighted by atomic mass is 14.4. The van der Waals surface area contributed by atoms with Gasteiger partial charge in [0.2, 0.25) is 0 Å². The molecule has 0 nitrogen and oxygen atoms in total. The van der Waals surface area contributed by atoms with E-state index >= 15 is 0 Å². The maximum absolute atomic E-state index is 2.60. The summed E-state index contributed by atoms with van der Waals surface area (Å²) in [4.78, 5) is 0. The van der Waals surface area contributed by atoms with Crippen molar-refractivity contribution in [3.63, 3.8) is 0 Å². The molecule has 1 unspecified atom stereocenters. The Labute approximate surface area is 243 Å². The van der Waals surface area contributed by atoms with Gasteiger partial charge in [0.05, 0.1) is 0 Å². The van der Waals surface area contributed by atoms with Crippen molar-refractivity contribution in [2.45, 2.75) is 179 Å². The predicted octanol–water partition coefficient (Wildman–Crippen LogP) is 13.0. The molecule has 39 heavy (non-hydrogen) atoms. The van der Waals surface area contributed by atoms with Crippen LogP contribution in [-0.2, 0) is 0 Å². The quantitative estimate of drug-likeness (QED) is 0.364. The van der Waals surface area contributed by atoms with Crippen LogP contribution < -0.4 is 0 Å². The molecular formula is C39H62. The lowest BCUT2D eigenvalue weighted by Gasteiger charge is -2.34. The fraction of sp³-hybridized carbons (Fsp3) is 0.795. The van der Waals surface area contributed by atoms with Crippen LogP contribution in [0, 0.1) is 17.8 Å². The van der Waals surface area contributed by atoms with Gasteiger partial charge in [0, 0.05) is 5.92 Å². The zero-order valence-electron chi connectivity index (χ0n) is 25.7. The Morgan fingerprint density at radius 1 is 0.385 bits per heavy atom. The van der Waals surface area contributed by atoms with E-state index in [-0.39, 0.29) is 0 Å². The first-order chi connectivity index (χ1) is 19.4. The molecule has 218 valence electrons. The Kier molecular flexibility index (Phi) is 12.4. The van der Waals surface area contributed by atoms with E-state index < -0.39 is 0 Å². The summed E-state index contributed by atoms with van der Waals surface area (Å²) in [6.45, 7) is 0. The average molecular weight is 531 g/mol. The van der Waals surface area contributed by atoms with E-state index in [0.717, 1.165) is 23.7 Å². The van der Waals surface area contributed by atoms with Crippen molar-refractivity contribution in [2.24, 2.45) is 17.8 Å². The number of benzene rings is 1. The summed E-state index contributed by atoms with van der Waals surface area (Å²) in [5, 5.41) is 0. The van der Waals surface area contributed by atoms with Crippen LogP contribution >= 0.6 is 0 Å². The van der Waals surface area contributed by atoms with Crippen molar-refractivity contribution in [1.82, 2.24) is 0 Å². The maximum atomic E-state index is 2.60. The molecule has 1 atom stereocenters. The minimum Gasteiger partial charge on any atom is -0.0619 e. The maximum Gasteiger partial charge on any atom is 0.00914 e. The molecule has 0 saturated heterocycles. The summed E-state index contributed by atoms with van der Waals surface area (Å²) in [6, 6.07) is 9.98. The molecule has 0 amide bonds. The second kappa shape index (κ2) is 16.4. The van der Waals surface area contributed by atoms with E-state index in [9.17, 15) is 0 Å². The Balaban J connectivity index is 1.54. The lowest BCUT2D eigenvalue weighted by atomic mass is 9.70. The minimum atomic E-state index is 0.735. The largest absolute Gasteiger partial charge is 0.0619 e. The van der Waals surface area contributed by atoms with Crippen LogP contribution in [0.1, 0.15) is 190 Å². The first kappa shape index (κ1) is 29.5. The normalized spacial score (nSPS) is 27.1. The number of fused-ring (bicyclic) bond motifs is 1. The Morgan fingerprint density at radius 2 is 0.769 bits per heavy atom. The van der Waals surface area contributed by atoms with Crippen molar-refractivity contribution in [1.29, 1.82) is 0 Å². The highest BCUT2D eigenvalue weighted by molar-refractivity contribution is 5.80. The minimum absolute atomic E-state index is 0.735. The van der Waals surface area contributed by atoms with Gasteiger partial charge in [-0.2, -0.15) is 0 Å². The molecule has 0 aliphatic heterocycles. The van der Waals surface area contributed by atoms with Gasteiger partial charge in [0.1, 0.15) is 0 Å². The van der Waals surface area contributed by atoms with Gasteiger partial charge in [-0.15, -0.1) is 0 Å². The lowest BCUT2D eigenvalue weighted by Crippen LogP contribution is -2.20. The van der Waals surface area contributed by atoms with Gasteiger partial charge in [0.25, 0.3) is 0 Å². The molecule has 0 heterocycles. The second-order valence-electron chi connectivity index (χ2n) is 14.2. The van der Waals surface area contributed by atoms with Crippen molar-refractivity contribution in [3.8, 4) is 0 Å². The summed E-state index contributed by atoms with van der Waals surface area (Å²) in [6.07, 6.45) is 39.8. The van der Waals surface area contributed by atoms with Gasteiger partial charge >= 0.3 is 0 Å². The van der Waals surface area contributed by atoms with Crippen molar-refractivity contribution < 1.29 is 0 Å². The third kappa shape index (κ3) is 8.26. The first-order valence-electron chi connectivity index (χ1n) is 18.3. The van der Waals surface area contributed by atoms with E-state index in [1.807, 2.05) is 11.1 Å². The van der Waals surface area contributed by atoms with Crippen LogP contribution in [0.15, 0.2) is 29.8 Å². The SMILES string of the molecule is c1ccc2c(c1)C(C1CCCCCCCCC1)=C(C1CCCCCCCCC1)C2C1CCCCCCCCC1. The fourth-order valence-corrected chi connectivity index (χ4v) is 9.34. The summed E-state index contributed by atoms with van der Waals surface area (Å²) in [7, 11) is 0. The van der Waals surface area contributed by atoms with Crippen molar-refractivity contribution in [2.75, 3.05) is 0 Å². The zero-order chi connectivity index (χ0) is 26.5. The van der Waals surface area contributed by atoms with Gasteiger partial charge in [-0.1, -0.05) is 165 Å². The van der Waals surface area contributed by atoms with Crippen LogP contribution in [0.25, 0.3) is 5.57 Å². The van der Waals surface area contributed by atoms with Crippen LogP contribution in [0.3, 0.4) is 0 Å². The molecule has 0 aromatic heterocycles. The third-order valence-corrected chi connectivity index (χ3v) is 11.4. The third-order valence-electron chi connectivity index (χ3n) is 11.4. The zero-order valence-corrected chi connectivity index (χ0v) is 25.7. The van der Waals surface area contributed by atoms with E-state index in [4.69, 9.17) is 0 Å². The molecule has 0 heteroatoms. The van der Waals surface area contributed by atoms with E-state index in [1.165, 1.54) is 173 Å². The smallest absolute Gasteiger partial charge is 0.00914 e. The Hall–Kier alpha value is -1.04. The molecule has 4 aliphatic carbocycles. The molecule has 0 N–H and O–H groups in total. The van der Waals surface area contributed by atoms with Gasteiger partial charge in [-0.3, -0.25) is 0 Å². The average Bonchev–Trinajstić information content (AvgIpc) is 3.32. The Bertz CT molecular complexity index is 831. The summed E-state index contributed by atoms with van der Waals surface area (Å²) in [5.41, 5.74) is 7.46. The highest BCUT2D eigenvalue weighted by Crippen LogP contribution is 2.56. The standard InChI is InChI=1S/C39H62/c1-4-10-16-24-32(25-17-11-5-1)37-35-30-22-23-31-36(35)38(33-26-18-12-6-2-7-13-19-27-33)39(37)34-28-20-14-8-3-9-15-21-29-34/h22-23,30-34,37H,1-21,24-29H2. The van der Waals surface area contributed by atoms with Gasteiger partial charge < -0.3 is 0 Å². The molecule has 0 radical (unpaired) electrons. The van der Waals surface area contributed by atoms with Crippen LogP contribution in [-0.4, -0.2) is 0 Å². The molecule has 4 aliphatic rings. The topological polar surface area (TPSA) is 0 Å². The monoisotopic (exact) mass is 530 g/mol. The lowest BCUT2D eigenvalue weighted by molar-refractivity contribution is 0.328. The molecule has 0 bridgehead atoms. The number of allylic oxidation sites excluding steroid dienone is 2. The van der Waals surface area contributed by atoms with Crippen molar-refractivity contribution in [3.05, 3.63) is 41.0 Å². The molecule has 1 aromatic carbocycles. The van der Waals surface area contributed by atoms with Gasteiger partial charge in [-0.25, -0.2) is 0 Å². The summed E-state index contributed by atoms with van der Waals surface area (Å²) < 4.78 is 0. The van der Waals surface area contributed by atoms with E-state index in [0.29, 0.717) is 0 Å².